The molecule has 1 rings (SSSR count). The molecule has 0 aromatic heterocycles. The third kappa shape index (κ3) is 5.55. The van der Waals surface area contributed by atoms with Crippen molar-refractivity contribution >= 4 is 17.7 Å². The highest BCUT2D eigenvalue weighted by atomic mass is 32.2. The standard InChI is InChI=1S/C16H25NO2S/c1-4-13-5-7-14(8-6-13)9-10-16(19)17-12(2)15(11-18)20-3/h5-8,12,15,18H,4,9-11H2,1-3H3,(H,17,19). The van der Waals surface area contributed by atoms with Gasteiger partial charge in [-0.1, -0.05) is 31.2 Å². The third-order valence-electron chi connectivity index (χ3n) is 3.50. The fraction of sp³-hybridized carbons (Fsp3) is 0.562. The molecular formula is C16H25NO2S. The summed E-state index contributed by atoms with van der Waals surface area (Å²) in [5, 5.41) is 12.2. The molecule has 20 heavy (non-hydrogen) atoms. The minimum absolute atomic E-state index is 0.00929. The summed E-state index contributed by atoms with van der Waals surface area (Å²) in [6, 6.07) is 8.41. The minimum Gasteiger partial charge on any atom is -0.395 e. The number of benzene rings is 1. The maximum absolute atomic E-state index is 11.9. The van der Waals surface area contributed by atoms with Crippen molar-refractivity contribution in [3.63, 3.8) is 0 Å². The first-order valence-electron chi connectivity index (χ1n) is 7.11. The van der Waals surface area contributed by atoms with Gasteiger partial charge in [0.2, 0.25) is 5.91 Å². The van der Waals surface area contributed by atoms with Gasteiger partial charge in [0.15, 0.2) is 0 Å². The highest BCUT2D eigenvalue weighted by Gasteiger charge is 2.16. The van der Waals surface area contributed by atoms with Crippen LogP contribution in [0.4, 0.5) is 0 Å². The van der Waals surface area contributed by atoms with E-state index in [4.69, 9.17) is 0 Å². The number of aliphatic hydroxyl groups excluding tert-OH is 1. The van der Waals surface area contributed by atoms with Crippen molar-refractivity contribution in [2.24, 2.45) is 0 Å². The molecule has 4 heteroatoms. The molecule has 0 fully saturated rings. The van der Waals surface area contributed by atoms with E-state index in [2.05, 4.69) is 36.5 Å². The van der Waals surface area contributed by atoms with Crippen LogP contribution < -0.4 is 5.32 Å². The molecule has 112 valence electrons. The molecule has 1 aromatic carbocycles. The lowest BCUT2D eigenvalue weighted by Crippen LogP contribution is -2.41. The quantitative estimate of drug-likeness (QED) is 0.774. The average Bonchev–Trinajstić information content (AvgIpc) is 2.47. The van der Waals surface area contributed by atoms with Gasteiger partial charge in [-0.3, -0.25) is 4.79 Å². The van der Waals surface area contributed by atoms with E-state index in [9.17, 15) is 9.90 Å². The van der Waals surface area contributed by atoms with Gasteiger partial charge < -0.3 is 10.4 Å². The van der Waals surface area contributed by atoms with Crippen molar-refractivity contribution in [1.82, 2.24) is 5.32 Å². The van der Waals surface area contributed by atoms with Crippen molar-refractivity contribution < 1.29 is 9.90 Å². The summed E-state index contributed by atoms with van der Waals surface area (Å²) in [4.78, 5) is 11.9. The van der Waals surface area contributed by atoms with Crippen LogP contribution in [0.3, 0.4) is 0 Å². The van der Waals surface area contributed by atoms with E-state index in [0.717, 1.165) is 12.8 Å². The Morgan fingerprint density at radius 2 is 1.90 bits per heavy atom. The number of nitrogens with one attached hydrogen (secondary N) is 1. The number of thioether (sulfide) groups is 1. The molecular weight excluding hydrogens is 270 g/mol. The van der Waals surface area contributed by atoms with Gasteiger partial charge in [-0.2, -0.15) is 11.8 Å². The molecule has 0 saturated heterocycles. The molecule has 2 unspecified atom stereocenters. The molecule has 0 bridgehead atoms. The van der Waals surface area contributed by atoms with Crippen LogP contribution in [0.1, 0.15) is 31.4 Å². The Balaban J connectivity index is 2.38. The van der Waals surface area contributed by atoms with Gasteiger partial charge in [-0.15, -0.1) is 0 Å². The number of aliphatic hydroxyl groups is 1. The smallest absolute Gasteiger partial charge is 0.220 e. The fourth-order valence-corrected chi connectivity index (χ4v) is 2.68. The lowest BCUT2D eigenvalue weighted by Gasteiger charge is -2.21. The van der Waals surface area contributed by atoms with Crippen LogP contribution in [0.2, 0.25) is 0 Å². The summed E-state index contributed by atoms with van der Waals surface area (Å²) >= 11 is 1.57. The van der Waals surface area contributed by atoms with Crippen LogP contribution in [-0.2, 0) is 17.6 Å². The zero-order valence-electron chi connectivity index (χ0n) is 12.6. The van der Waals surface area contributed by atoms with Crippen LogP contribution in [0.15, 0.2) is 24.3 Å². The Bertz CT molecular complexity index is 401. The first-order valence-corrected chi connectivity index (χ1v) is 8.40. The summed E-state index contributed by atoms with van der Waals surface area (Å²) in [7, 11) is 0. The van der Waals surface area contributed by atoms with Gasteiger partial charge >= 0.3 is 0 Å². The van der Waals surface area contributed by atoms with E-state index in [-0.39, 0.29) is 23.8 Å². The van der Waals surface area contributed by atoms with Crippen molar-refractivity contribution in [2.75, 3.05) is 12.9 Å². The first kappa shape index (κ1) is 17.1. The van der Waals surface area contributed by atoms with Crippen LogP contribution in [-0.4, -0.2) is 35.2 Å². The predicted molar refractivity (Wildman–Crippen MR) is 86.1 cm³/mol. The first-order chi connectivity index (χ1) is 9.60. The second-order valence-corrected chi connectivity index (χ2v) is 6.06. The summed E-state index contributed by atoms with van der Waals surface area (Å²) in [6.07, 6.45) is 4.22. The van der Waals surface area contributed by atoms with E-state index in [0.29, 0.717) is 6.42 Å². The molecule has 0 spiro atoms. The maximum atomic E-state index is 11.9. The van der Waals surface area contributed by atoms with Crippen LogP contribution >= 0.6 is 11.8 Å². The topological polar surface area (TPSA) is 49.3 Å². The molecule has 2 atom stereocenters. The molecule has 0 aliphatic heterocycles. The molecule has 0 saturated carbocycles. The summed E-state index contributed by atoms with van der Waals surface area (Å²) < 4.78 is 0. The van der Waals surface area contributed by atoms with Gasteiger partial charge in [-0.25, -0.2) is 0 Å². The van der Waals surface area contributed by atoms with Gasteiger partial charge in [0.05, 0.1) is 6.61 Å². The number of hydrogen-bond donors (Lipinski definition) is 2. The highest BCUT2D eigenvalue weighted by molar-refractivity contribution is 7.99. The van der Waals surface area contributed by atoms with Gasteiger partial charge in [-0.05, 0) is 37.1 Å². The largest absolute Gasteiger partial charge is 0.395 e. The van der Waals surface area contributed by atoms with Gasteiger partial charge in [0.25, 0.3) is 0 Å². The van der Waals surface area contributed by atoms with E-state index < -0.39 is 0 Å². The van der Waals surface area contributed by atoms with Crippen LogP contribution in [0.5, 0.6) is 0 Å². The molecule has 0 aliphatic rings. The molecule has 0 aliphatic carbocycles. The molecule has 2 N–H and O–H groups in total. The summed E-state index contributed by atoms with van der Waals surface area (Å²) in [6.45, 7) is 4.15. The van der Waals surface area contributed by atoms with Crippen molar-refractivity contribution in [2.45, 2.75) is 44.4 Å². The fourth-order valence-electron chi connectivity index (χ4n) is 2.06. The predicted octanol–water partition coefficient (Wildman–Crippen LogP) is 2.41. The summed E-state index contributed by atoms with van der Waals surface area (Å²) in [5.74, 6) is 0.0459. The second-order valence-electron chi connectivity index (χ2n) is 4.98. The molecule has 1 aromatic rings. The van der Waals surface area contributed by atoms with E-state index >= 15 is 0 Å². The zero-order chi connectivity index (χ0) is 15.0. The Morgan fingerprint density at radius 1 is 1.30 bits per heavy atom. The molecule has 1 amide bonds. The number of carbonyl (C=O) groups excluding carboxylic acids is 1. The second kappa shape index (κ2) is 9.03. The molecule has 0 radical (unpaired) electrons. The van der Waals surface area contributed by atoms with Gasteiger partial charge in [0.1, 0.15) is 0 Å². The number of hydrogen-bond acceptors (Lipinski definition) is 3. The minimum atomic E-state index is -0.00929. The van der Waals surface area contributed by atoms with E-state index in [1.54, 1.807) is 11.8 Å². The Kier molecular flexibility index (Phi) is 7.70. The number of amides is 1. The molecule has 0 heterocycles. The zero-order valence-corrected chi connectivity index (χ0v) is 13.4. The average molecular weight is 295 g/mol. The van der Waals surface area contributed by atoms with Crippen LogP contribution in [0, 0.1) is 0 Å². The Labute approximate surface area is 126 Å². The lowest BCUT2D eigenvalue weighted by atomic mass is 10.1. The van der Waals surface area contributed by atoms with Gasteiger partial charge in [0, 0.05) is 17.7 Å². The van der Waals surface area contributed by atoms with E-state index in [1.807, 2.05) is 13.2 Å². The number of carbonyl (C=O) groups is 1. The third-order valence-corrected chi connectivity index (χ3v) is 4.66. The monoisotopic (exact) mass is 295 g/mol. The van der Waals surface area contributed by atoms with Crippen molar-refractivity contribution in [3.8, 4) is 0 Å². The highest BCUT2D eigenvalue weighted by Crippen LogP contribution is 2.11. The van der Waals surface area contributed by atoms with Crippen molar-refractivity contribution in [1.29, 1.82) is 0 Å². The summed E-state index contributed by atoms with van der Waals surface area (Å²) in [5.41, 5.74) is 2.51. The van der Waals surface area contributed by atoms with Crippen LogP contribution in [0.25, 0.3) is 0 Å². The van der Waals surface area contributed by atoms with E-state index in [1.165, 1.54) is 11.1 Å². The Hall–Kier alpha value is -1.00. The maximum Gasteiger partial charge on any atom is 0.220 e. The number of aryl methyl sites for hydroxylation is 2. The normalized spacial score (nSPS) is 13.8. The SMILES string of the molecule is CCc1ccc(CCC(=O)NC(C)C(CO)SC)cc1. The number of rotatable bonds is 8. The van der Waals surface area contributed by atoms with Crippen molar-refractivity contribution in [3.05, 3.63) is 35.4 Å². The Morgan fingerprint density at radius 3 is 2.40 bits per heavy atom. The molecule has 3 nitrogen and oxygen atoms in total. The lowest BCUT2D eigenvalue weighted by molar-refractivity contribution is -0.121.